The van der Waals surface area contributed by atoms with Gasteiger partial charge in [-0.25, -0.2) is 9.97 Å². The second kappa shape index (κ2) is 7.27. The Balaban J connectivity index is 1.42. The molecule has 8 heteroatoms. The van der Waals surface area contributed by atoms with Gasteiger partial charge in [-0.15, -0.1) is 11.3 Å². The Morgan fingerprint density at radius 3 is 2.87 bits per heavy atom. The van der Waals surface area contributed by atoms with Crippen molar-refractivity contribution in [3.8, 4) is 11.3 Å². The molecule has 6 nitrogen and oxygen atoms in total. The Labute approximate surface area is 181 Å². The van der Waals surface area contributed by atoms with E-state index in [4.69, 9.17) is 11.6 Å². The van der Waals surface area contributed by atoms with E-state index in [1.165, 1.54) is 11.3 Å². The molecule has 150 valence electrons. The number of aromatic nitrogens is 4. The van der Waals surface area contributed by atoms with Crippen LogP contribution in [0.15, 0.2) is 54.0 Å². The molecular formula is C22H18ClN5OS. The Kier molecular flexibility index (Phi) is 4.56. The summed E-state index contributed by atoms with van der Waals surface area (Å²) in [5.41, 5.74) is 5.30. The van der Waals surface area contributed by atoms with Gasteiger partial charge in [0.15, 0.2) is 4.96 Å². The van der Waals surface area contributed by atoms with Crippen LogP contribution in [0, 0.1) is 6.92 Å². The van der Waals surface area contributed by atoms with Crippen LogP contribution in [-0.2, 0) is 6.54 Å². The van der Waals surface area contributed by atoms with Crippen LogP contribution in [0.2, 0.25) is 5.02 Å². The number of aromatic amines is 1. The van der Waals surface area contributed by atoms with Gasteiger partial charge in [-0.2, -0.15) is 0 Å². The SMILES string of the molecule is Cc1cccc2[nH]c(CN(C)C(=O)c3csc4nc(-c5cccc(Cl)c5)cn34)nc12. The number of benzene rings is 2. The third kappa shape index (κ3) is 3.26. The average Bonchev–Trinajstić information content (AvgIpc) is 3.41. The molecule has 5 aromatic rings. The molecule has 2 aromatic carbocycles. The van der Waals surface area contributed by atoms with Crippen molar-refractivity contribution in [1.29, 1.82) is 0 Å². The minimum Gasteiger partial charge on any atom is -0.340 e. The molecule has 0 aliphatic rings. The molecule has 3 heterocycles. The molecule has 30 heavy (non-hydrogen) atoms. The molecule has 0 aliphatic heterocycles. The van der Waals surface area contributed by atoms with Gasteiger partial charge < -0.3 is 9.88 Å². The van der Waals surface area contributed by atoms with Crippen LogP contribution >= 0.6 is 22.9 Å². The van der Waals surface area contributed by atoms with Crippen molar-refractivity contribution in [2.45, 2.75) is 13.5 Å². The zero-order chi connectivity index (χ0) is 20.8. The maximum atomic E-state index is 13.1. The fourth-order valence-electron chi connectivity index (χ4n) is 3.52. The molecule has 3 aromatic heterocycles. The van der Waals surface area contributed by atoms with Crippen LogP contribution in [-0.4, -0.2) is 37.2 Å². The summed E-state index contributed by atoms with van der Waals surface area (Å²) in [4.78, 5) is 28.1. The van der Waals surface area contributed by atoms with Gasteiger partial charge in [0.1, 0.15) is 11.5 Å². The molecule has 0 saturated carbocycles. The summed E-state index contributed by atoms with van der Waals surface area (Å²) in [7, 11) is 1.78. The topological polar surface area (TPSA) is 66.3 Å². The number of H-pyrrole nitrogens is 1. The fraction of sp³-hybridized carbons (Fsp3) is 0.136. The zero-order valence-corrected chi connectivity index (χ0v) is 18.0. The van der Waals surface area contributed by atoms with E-state index in [0.29, 0.717) is 17.3 Å². The van der Waals surface area contributed by atoms with Crippen LogP contribution in [0.4, 0.5) is 0 Å². The van der Waals surface area contributed by atoms with Crippen molar-refractivity contribution in [2.75, 3.05) is 7.05 Å². The largest absolute Gasteiger partial charge is 0.340 e. The van der Waals surface area contributed by atoms with Crippen molar-refractivity contribution < 1.29 is 4.79 Å². The van der Waals surface area contributed by atoms with Crippen molar-refractivity contribution in [3.63, 3.8) is 0 Å². The van der Waals surface area contributed by atoms with Gasteiger partial charge in [0.25, 0.3) is 5.91 Å². The lowest BCUT2D eigenvalue weighted by Gasteiger charge is -2.15. The third-order valence-corrected chi connectivity index (χ3v) is 6.12. The molecule has 0 saturated heterocycles. The number of amides is 1. The van der Waals surface area contributed by atoms with Crippen molar-refractivity contribution in [3.05, 3.63) is 76.1 Å². The minimum atomic E-state index is -0.0894. The number of carbonyl (C=O) groups excluding carboxylic acids is 1. The average molecular weight is 436 g/mol. The van der Waals surface area contributed by atoms with E-state index in [0.717, 1.165) is 38.6 Å². The van der Waals surface area contributed by atoms with E-state index in [1.54, 1.807) is 11.9 Å². The smallest absolute Gasteiger partial charge is 0.271 e. The van der Waals surface area contributed by atoms with Gasteiger partial charge in [0.2, 0.25) is 0 Å². The zero-order valence-electron chi connectivity index (χ0n) is 16.4. The predicted molar refractivity (Wildman–Crippen MR) is 120 cm³/mol. The number of rotatable bonds is 4. The molecule has 0 aliphatic carbocycles. The highest BCUT2D eigenvalue weighted by molar-refractivity contribution is 7.15. The van der Waals surface area contributed by atoms with Crippen molar-refractivity contribution in [2.24, 2.45) is 0 Å². The Morgan fingerprint density at radius 1 is 1.23 bits per heavy atom. The van der Waals surface area contributed by atoms with Crippen molar-refractivity contribution in [1.82, 2.24) is 24.3 Å². The highest BCUT2D eigenvalue weighted by Gasteiger charge is 2.20. The van der Waals surface area contributed by atoms with Gasteiger partial charge >= 0.3 is 0 Å². The lowest BCUT2D eigenvalue weighted by molar-refractivity contribution is 0.0775. The van der Waals surface area contributed by atoms with Gasteiger partial charge in [0, 0.05) is 29.2 Å². The summed E-state index contributed by atoms with van der Waals surface area (Å²) in [6.07, 6.45) is 1.88. The molecule has 0 fully saturated rings. The molecule has 5 rings (SSSR count). The maximum Gasteiger partial charge on any atom is 0.271 e. The quantitative estimate of drug-likeness (QED) is 0.423. The van der Waals surface area contributed by atoms with Crippen molar-refractivity contribution >= 4 is 44.8 Å². The first-order valence-electron chi connectivity index (χ1n) is 9.42. The number of halogens is 1. The summed E-state index contributed by atoms with van der Waals surface area (Å²) in [5, 5.41) is 2.49. The van der Waals surface area contributed by atoms with E-state index < -0.39 is 0 Å². The number of carbonyl (C=O) groups is 1. The number of aryl methyl sites for hydroxylation is 1. The summed E-state index contributed by atoms with van der Waals surface area (Å²) < 4.78 is 1.84. The van der Waals surface area contributed by atoms with Crippen LogP contribution < -0.4 is 0 Å². The first kappa shape index (κ1) is 18.8. The van der Waals surface area contributed by atoms with E-state index in [2.05, 4.69) is 15.0 Å². The first-order chi connectivity index (χ1) is 14.5. The van der Waals surface area contributed by atoms with Gasteiger partial charge in [-0.1, -0.05) is 35.9 Å². The molecule has 1 N–H and O–H groups in total. The molecule has 1 amide bonds. The second-order valence-corrected chi connectivity index (χ2v) is 8.50. The number of para-hydroxylation sites is 1. The lowest BCUT2D eigenvalue weighted by Crippen LogP contribution is -2.27. The molecule has 0 spiro atoms. The predicted octanol–water partition coefficient (Wildman–Crippen LogP) is 5.17. The summed E-state index contributed by atoms with van der Waals surface area (Å²) in [5.74, 6) is 0.667. The van der Waals surface area contributed by atoms with E-state index in [9.17, 15) is 4.79 Å². The van der Waals surface area contributed by atoms with E-state index in [-0.39, 0.29) is 5.91 Å². The van der Waals surface area contributed by atoms with Crippen LogP contribution in [0.5, 0.6) is 0 Å². The summed E-state index contributed by atoms with van der Waals surface area (Å²) >= 11 is 7.54. The number of thiazole rings is 1. The highest BCUT2D eigenvalue weighted by Crippen LogP contribution is 2.26. The summed E-state index contributed by atoms with van der Waals surface area (Å²) in [6, 6.07) is 13.5. The summed E-state index contributed by atoms with van der Waals surface area (Å²) in [6.45, 7) is 2.42. The number of imidazole rings is 2. The first-order valence-corrected chi connectivity index (χ1v) is 10.7. The second-order valence-electron chi connectivity index (χ2n) is 7.23. The Bertz CT molecular complexity index is 1400. The van der Waals surface area contributed by atoms with E-state index in [1.807, 2.05) is 65.4 Å². The number of nitrogens with one attached hydrogen (secondary N) is 1. The molecule has 0 atom stereocenters. The van der Waals surface area contributed by atoms with Gasteiger partial charge in [-0.3, -0.25) is 9.20 Å². The lowest BCUT2D eigenvalue weighted by atomic mass is 10.2. The normalized spacial score (nSPS) is 11.4. The maximum absolute atomic E-state index is 13.1. The van der Waals surface area contributed by atoms with Crippen LogP contribution in [0.3, 0.4) is 0 Å². The minimum absolute atomic E-state index is 0.0894. The molecule has 0 bridgehead atoms. The number of nitrogens with zero attached hydrogens (tertiary/aromatic N) is 4. The fourth-order valence-corrected chi connectivity index (χ4v) is 4.56. The van der Waals surface area contributed by atoms with E-state index >= 15 is 0 Å². The number of fused-ring (bicyclic) bond motifs is 2. The monoisotopic (exact) mass is 435 g/mol. The molecular weight excluding hydrogens is 418 g/mol. The number of hydrogen-bond donors (Lipinski definition) is 1. The molecule has 0 radical (unpaired) electrons. The highest BCUT2D eigenvalue weighted by atomic mass is 35.5. The number of hydrogen-bond acceptors (Lipinski definition) is 4. The Morgan fingerprint density at radius 2 is 2.07 bits per heavy atom. The third-order valence-electron chi connectivity index (χ3n) is 5.05. The Hall–Kier alpha value is -3.16. The molecule has 0 unspecified atom stereocenters. The van der Waals surface area contributed by atoms with Crippen LogP contribution in [0.1, 0.15) is 21.9 Å². The van der Waals surface area contributed by atoms with Crippen LogP contribution in [0.25, 0.3) is 27.3 Å². The van der Waals surface area contributed by atoms with Gasteiger partial charge in [-0.05, 0) is 30.7 Å². The van der Waals surface area contributed by atoms with Gasteiger partial charge in [0.05, 0.1) is 23.3 Å². The standard InChI is InChI=1S/C22H18ClN5OS/c1-13-5-3-8-16-20(13)26-19(24-16)11-27(2)21(29)18-12-30-22-25-17(10-28(18)22)14-6-4-7-15(23)9-14/h3-10,12H,11H2,1-2H3,(H,24,26).